The van der Waals surface area contributed by atoms with Gasteiger partial charge in [-0.3, -0.25) is 4.98 Å². The molecule has 2 aromatic heterocycles. The van der Waals surface area contributed by atoms with E-state index in [1.807, 2.05) is 17.5 Å². The van der Waals surface area contributed by atoms with E-state index < -0.39 is 8.07 Å². The Morgan fingerprint density at radius 2 is 1.41 bits per heavy atom. The first-order valence-corrected chi connectivity index (χ1v) is 19.6. The van der Waals surface area contributed by atoms with Gasteiger partial charge in [0.25, 0.3) is 0 Å². The van der Waals surface area contributed by atoms with Gasteiger partial charge in [0.05, 0.1) is 18.5 Å². The lowest BCUT2D eigenvalue weighted by molar-refractivity contribution is 0.150. The summed E-state index contributed by atoms with van der Waals surface area (Å²) in [5.74, 6) is 1.51. The van der Waals surface area contributed by atoms with E-state index in [1.54, 1.807) is 0 Å². The Morgan fingerprint density at radius 3 is 2.02 bits per heavy atom. The highest BCUT2D eigenvalue weighted by atomic mass is 32.1. The van der Waals surface area contributed by atoms with Crippen LogP contribution in [0.25, 0.3) is 42.6 Å². The first-order valence-electron chi connectivity index (χ1n) is 15.3. The number of rotatable bonds is 7. The van der Waals surface area contributed by atoms with Gasteiger partial charge in [0.1, 0.15) is 0 Å². The molecule has 0 spiro atoms. The number of aromatic nitrogens is 1. The quantitative estimate of drug-likeness (QED) is 0.175. The van der Waals surface area contributed by atoms with Gasteiger partial charge in [0.2, 0.25) is 0 Å². The van der Waals surface area contributed by atoms with E-state index >= 15 is 0 Å². The Hall–Kier alpha value is -2.75. The van der Waals surface area contributed by atoms with Crippen LogP contribution in [0.3, 0.4) is 0 Å². The molecule has 1 nitrogen and oxygen atoms in total. The van der Waals surface area contributed by atoms with Crippen LogP contribution in [0.15, 0.2) is 66.9 Å². The molecule has 0 aliphatic heterocycles. The number of fused-ring (bicyclic) bond motifs is 2. The number of benzene rings is 3. The summed E-state index contributed by atoms with van der Waals surface area (Å²) in [4.78, 5) is 6.45. The van der Waals surface area contributed by atoms with Crippen LogP contribution in [0.1, 0.15) is 58.2 Å². The summed E-state index contributed by atoms with van der Waals surface area (Å²) in [6.07, 6.45) is 2.01. The van der Waals surface area contributed by atoms with Gasteiger partial charge in [0.15, 0.2) is 0 Å². The van der Waals surface area contributed by atoms with Gasteiger partial charge in [-0.2, -0.15) is 0 Å². The molecule has 2 heterocycles. The molecular weight excluding hydrogens is 531 g/mol. The van der Waals surface area contributed by atoms with E-state index in [0.29, 0.717) is 17.8 Å². The van der Waals surface area contributed by atoms with Crippen molar-refractivity contribution in [1.29, 1.82) is 0 Å². The molecule has 0 unspecified atom stereocenters. The van der Waals surface area contributed by atoms with Crippen LogP contribution in [-0.4, -0.2) is 13.1 Å². The molecule has 0 aliphatic carbocycles. The summed E-state index contributed by atoms with van der Waals surface area (Å²) in [6, 6.07) is 23.2. The number of hydrogen-bond acceptors (Lipinski definition) is 2. The standard InChI is InChI=1S/C38H47NSSi/c1-23(2)38(24(3)4,25(5)6)34-22-29(21-28-14-12-13-15-33(28)34)35-37-32(18-19-39-35)27(8)36(40-37)31-17-16-30(20-26(31)7)41(9,10)11/h12-25H,1-11H3. The first kappa shape index (κ1) is 29.7. The van der Waals surface area contributed by atoms with Crippen molar-refractivity contribution in [2.45, 2.75) is 80.4 Å². The minimum atomic E-state index is -1.36. The second-order valence-corrected chi connectivity index (χ2v) is 20.1. The number of nitrogens with zero attached hydrogens (tertiary/aromatic N) is 1. The molecule has 0 aliphatic rings. The topological polar surface area (TPSA) is 12.9 Å². The summed E-state index contributed by atoms with van der Waals surface area (Å²) in [5.41, 5.74) is 7.95. The van der Waals surface area contributed by atoms with Gasteiger partial charge in [-0.1, -0.05) is 109 Å². The molecule has 3 aromatic carbocycles. The molecule has 5 aromatic rings. The number of aryl methyl sites for hydroxylation is 2. The van der Waals surface area contributed by atoms with Gasteiger partial charge in [-0.15, -0.1) is 11.3 Å². The molecule has 5 rings (SSSR count). The van der Waals surface area contributed by atoms with Crippen molar-refractivity contribution >= 4 is 45.5 Å². The zero-order chi connectivity index (χ0) is 29.9. The van der Waals surface area contributed by atoms with Crippen LogP contribution in [0.5, 0.6) is 0 Å². The van der Waals surface area contributed by atoms with Gasteiger partial charge in [-0.05, 0) is 88.2 Å². The van der Waals surface area contributed by atoms with Crippen LogP contribution in [0, 0.1) is 31.6 Å². The van der Waals surface area contributed by atoms with E-state index in [0.717, 1.165) is 5.69 Å². The molecular formula is C38H47NSSi. The SMILES string of the molecule is Cc1cc([Si](C)(C)C)ccc1-c1sc2c(-c3cc(C(C(C)C)(C(C)C)C(C)C)c4ccccc4c3)nccc2c1C. The highest BCUT2D eigenvalue weighted by Gasteiger charge is 2.43. The van der Waals surface area contributed by atoms with E-state index in [-0.39, 0.29) is 5.41 Å². The van der Waals surface area contributed by atoms with Gasteiger partial charge in [0, 0.05) is 22.1 Å². The van der Waals surface area contributed by atoms with Gasteiger partial charge in [-0.25, -0.2) is 0 Å². The fourth-order valence-electron chi connectivity index (χ4n) is 7.73. The minimum absolute atomic E-state index is 0.0509. The summed E-state index contributed by atoms with van der Waals surface area (Å²) in [6.45, 7) is 26.3. The Bertz CT molecular complexity index is 1710. The van der Waals surface area contributed by atoms with Crippen molar-refractivity contribution in [2.24, 2.45) is 17.8 Å². The molecule has 0 fully saturated rings. The number of pyridine rings is 1. The number of thiophene rings is 1. The molecule has 0 radical (unpaired) electrons. The molecule has 0 atom stereocenters. The van der Waals surface area contributed by atoms with E-state index in [4.69, 9.17) is 4.98 Å². The Balaban J connectivity index is 1.78. The van der Waals surface area contributed by atoms with Crippen molar-refractivity contribution in [2.75, 3.05) is 0 Å². The molecule has 0 saturated carbocycles. The fourth-order valence-corrected chi connectivity index (χ4v) is 10.4. The van der Waals surface area contributed by atoms with Crippen LogP contribution >= 0.6 is 11.3 Å². The van der Waals surface area contributed by atoms with Gasteiger partial charge >= 0.3 is 0 Å². The monoisotopic (exact) mass is 577 g/mol. The third-order valence-electron chi connectivity index (χ3n) is 9.66. The second-order valence-electron chi connectivity index (χ2n) is 14.0. The molecule has 0 amide bonds. The molecule has 214 valence electrons. The summed E-state index contributed by atoms with van der Waals surface area (Å²) < 4.78 is 1.29. The van der Waals surface area contributed by atoms with E-state index in [9.17, 15) is 0 Å². The lowest BCUT2D eigenvalue weighted by atomic mass is 9.57. The minimum Gasteiger partial charge on any atom is -0.255 e. The lowest BCUT2D eigenvalue weighted by Gasteiger charge is -2.46. The van der Waals surface area contributed by atoms with Crippen molar-refractivity contribution in [3.8, 4) is 21.7 Å². The average molecular weight is 578 g/mol. The second kappa shape index (κ2) is 10.8. The molecule has 0 bridgehead atoms. The highest BCUT2D eigenvalue weighted by molar-refractivity contribution is 7.23. The maximum absolute atomic E-state index is 5.07. The Morgan fingerprint density at radius 1 is 0.756 bits per heavy atom. The zero-order valence-corrected chi connectivity index (χ0v) is 28.8. The van der Waals surface area contributed by atoms with Crippen LogP contribution in [-0.2, 0) is 5.41 Å². The predicted octanol–water partition coefficient (Wildman–Crippen LogP) is 11.2. The molecule has 0 saturated heterocycles. The lowest BCUT2D eigenvalue weighted by Crippen LogP contribution is -2.43. The smallest absolute Gasteiger partial charge is 0.0880 e. The Labute approximate surface area is 253 Å². The fraction of sp³-hybridized carbons (Fsp3) is 0.395. The highest BCUT2D eigenvalue weighted by Crippen LogP contribution is 2.50. The molecule has 41 heavy (non-hydrogen) atoms. The summed E-state index contributed by atoms with van der Waals surface area (Å²) in [7, 11) is -1.36. The van der Waals surface area contributed by atoms with Crippen LogP contribution < -0.4 is 5.19 Å². The third-order valence-corrected chi connectivity index (χ3v) is 13.0. The predicted molar refractivity (Wildman–Crippen MR) is 187 cm³/mol. The van der Waals surface area contributed by atoms with E-state index in [1.165, 1.54) is 58.7 Å². The first-order chi connectivity index (χ1) is 19.3. The summed E-state index contributed by atoms with van der Waals surface area (Å²) >= 11 is 1.91. The summed E-state index contributed by atoms with van der Waals surface area (Å²) in [5, 5.41) is 5.52. The van der Waals surface area contributed by atoms with Crippen molar-refractivity contribution < 1.29 is 0 Å². The van der Waals surface area contributed by atoms with Crippen molar-refractivity contribution in [3.05, 3.63) is 83.6 Å². The van der Waals surface area contributed by atoms with Gasteiger partial charge < -0.3 is 0 Å². The Kier molecular flexibility index (Phi) is 7.85. The molecule has 0 N–H and O–H groups in total. The van der Waals surface area contributed by atoms with Crippen molar-refractivity contribution in [3.63, 3.8) is 0 Å². The maximum atomic E-state index is 5.07. The number of hydrogen-bond donors (Lipinski definition) is 0. The third kappa shape index (κ3) is 4.89. The van der Waals surface area contributed by atoms with Crippen molar-refractivity contribution in [1.82, 2.24) is 4.98 Å². The van der Waals surface area contributed by atoms with E-state index in [2.05, 4.69) is 136 Å². The van der Waals surface area contributed by atoms with Crippen LogP contribution in [0.2, 0.25) is 19.6 Å². The van der Waals surface area contributed by atoms with Crippen LogP contribution in [0.4, 0.5) is 0 Å². The maximum Gasteiger partial charge on any atom is 0.0880 e. The normalized spacial score (nSPS) is 12.9. The zero-order valence-electron chi connectivity index (χ0n) is 26.9. The average Bonchev–Trinajstić information content (AvgIpc) is 3.23. The molecule has 3 heteroatoms. The largest absolute Gasteiger partial charge is 0.255 e.